The van der Waals surface area contributed by atoms with Crippen molar-refractivity contribution in [1.29, 1.82) is 0 Å². The van der Waals surface area contributed by atoms with E-state index in [1.807, 2.05) is 0 Å². The van der Waals surface area contributed by atoms with Crippen LogP contribution in [-0.4, -0.2) is 24.9 Å². The summed E-state index contributed by atoms with van der Waals surface area (Å²) in [5, 5.41) is 17.2. The average molecular weight is 401 g/mol. The smallest absolute Gasteiger partial charge is 0.333 e. The first-order valence-corrected chi connectivity index (χ1v) is 9.26. The van der Waals surface area contributed by atoms with E-state index in [1.54, 1.807) is 50.5 Å². The van der Waals surface area contributed by atoms with Gasteiger partial charge in [-0.2, -0.15) is 13.9 Å². The molecule has 0 aromatic carbocycles. The van der Waals surface area contributed by atoms with Crippen LogP contribution in [0.2, 0.25) is 0 Å². The highest BCUT2D eigenvalue weighted by atomic mass is 19.3. The van der Waals surface area contributed by atoms with E-state index < -0.39 is 12.2 Å². The van der Waals surface area contributed by atoms with Crippen molar-refractivity contribution in [3.05, 3.63) is 54.2 Å². The van der Waals surface area contributed by atoms with Gasteiger partial charge in [-0.15, -0.1) is 0 Å². The molecule has 1 saturated carbocycles. The van der Waals surface area contributed by atoms with Gasteiger partial charge in [0.1, 0.15) is 22.9 Å². The Balaban J connectivity index is 1.54. The minimum absolute atomic E-state index is 0.168. The molecule has 4 rings (SSSR count). The van der Waals surface area contributed by atoms with Crippen molar-refractivity contribution in [2.75, 3.05) is 5.32 Å². The first-order valence-electron chi connectivity index (χ1n) is 9.26. The number of anilines is 2. The fourth-order valence-corrected chi connectivity index (χ4v) is 2.87. The van der Waals surface area contributed by atoms with Crippen LogP contribution in [0, 0.1) is 0 Å². The van der Waals surface area contributed by atoms with Gasteiger partial charge in [0.25, 0.3) is 0 Å². The Morgan fingerprint density at radius 1 is 1.21 bits per heavy atom. The Morgan fingerprint density at radius 2 is 1.97 bits per heavy atom. The molecule has 0 bridgehead atoms. The molecule has 0 spiro atoms. The summed E-state index contributed by atoms with van der Waals surface area (Å²) in [6, 6.07) is 6.80. The Bertz CT molecular complexity index is 1010. The molecule has 0 radical (unpaired) electrons. The quantitative estimate of drug-likeness (QED) is 0.596. The highest BCUT2D eigenvalue weighted by Gasteiger charge is 2.31. The van der Waals surface area contributed by atoms with Crippen molar-refractivity contribution in [1.82, 2.24) is 19.7 Å². The van der Waals surface area contributed by atoms with Gasteiger partial charge in [0, 0.05) is 30.1 Å². The highest BCUT2D eigenvalue weighted by Crippen LogP contribution is 2.45. The maximum absolute atomic E-state index is 13.0. The molecule has 29 heavy (non-hydrogen) atoms. The first-order chi connectivity index (χ1) is 13.8. The van der Waals surface area contributed by atoms with E-state index >= 15 is 0 Å². The molecule has 0 saturated heterocycles. The van der Waals surface area contributed by atoms with Crippen molar-refractivity contribution >= 4 is 11.5 Å². The third-order valence-corrected chi connectivity index (χ3v) is 4.51. The molecule has 1 aliphatic rings. The van der Waals surface area contributed by atoms with Crippen molar-refractivity contribution in [2.45, 2.75) is 44.8 Å². The monoisotopic (exact) mass is 401 g/mol. The third-order valence-electron chi connectivity index (χ3n) is 4.51. The lowest BCUT2D eigenvalue weighted by Crippen LogP contribution is -2.17. The molecule has 3 aromatic rings. The molecule has 9 heteroatoms. The summed E-state index contributed by atoms with van der Waals surface area (Å²) in [5.74, 6) is 1.46. The maximum atomic E-state index is 13.0. The van der Waals surface area contributed by atoms with Gasteiger partial charge in [0.15, 0.2) is 5.75 Å². The van der Waals surface area contributed by atoms with Crippen LogP contribution < -0.4 is 10.1 Å². The van der Waals surface area contributed by atoms with Crippen LogP contribution in [0.1, 0.15) is 50.5 Å². The summed E-state index contributed by atoms with van der Waals surface area (Å²) in [7, 11) is 0. The Hall–Kier alpha value is -3.07. The van der Waals surface area contributed by atoms with Gasteiger partial charge in [0.05, 0.1) is 11.9 Å². The number of rotatable bonds is 7. The summed E-state index contributed by atoms with van der Waals surface area (Å²) in [6.07, 6.45) is 6.22. The lowest BCUT2D eigenvalue weighted by molar-refractivity contribution is 0.0560. The number of nitrogens with one attached hydrogen (secondary N) is 1. The van der Waals surface area contributed by atoms with Crippen LogP contribution in [0.15, 0.2) is 42.9 Å². The number of hydrogen-bond acceptors (Lipinski definition) is 6. The molecule has 3 aromatic heterocycles. The lowest BCUT2D eigenvalue weighted by Gasteiger charge is -2.17. The summed E-state index contributed by atoms with van der Waals surface area (Å²) in [6.45, 7) is 0.599. The molecule has 2 N–H and O–H groups in total. The number of pyridine rings is 2. The van der Waals surface area contributed by atoms with E-state index in [0.29, 0.717) is 39.1 Å². The van der Waals surface area contributed by atoms with E-state index in [0.717, 1.165) is 12.8 Å². The molecule has 1 aliphatic carbocycles. The second kappa shape index (κ2) is 7.40. The molecule has 1 fully saturated rings. The van der Waals surface area contributed by atoms with Crippen molar-refractivity contribution < 1.29 is 18.6 Å². The van der Waals surface area contributed by atoms with Gasteiger partial charge in [-0.25, -0.2) is 9.67 Å². The zero-order valence-corrected chi connectivity index (χ0v) is 16.0. The minimum atomic E-state index is -2.71. The van der Waals surface area contributed by atoms with Crippen molar-refractivity contribution in [3.8, 4) is 11.5 Å². The molecule has 3 heterocycles. The number of aromatic nitrogens is 4. The zero-order valence-electron chi connectivity index (χ0n) is 16.0. The zero-order chi connectivity index (χ0) is 20.6. The van der Waals surface area contributed by atoms with Gasteiger partial charge in [0.2, 0.25) is 0 Å². The van der Waals surface area contributed by atoms with E-state index in [9.17, 15) is 13.9 Å². The third kappa shape index (κ3) is 4.51. The van der Waals surface area contributed by atoms with Crippen molar-refractivity contribution in [2.24, 2.45) is 0 Å². The molecule has 0 unspecified atom stereocenters. The number of nitrogens with zero attached hydrogens (tertiary/aromatic N) is 4. The van der Waals surface area contributed by atoms with Crippen LogP contribution in [-0.2, 0) is 5.60 Å². The number of hydrogen-bond donors (Lipinski definition) is 2. The predicted molar refractivity (Wildman–Crippen MR) is 103 cm³/mol. The van der Waals surface area contributed by atoms with Crippen LogP contribution in [0.3, 0.4) is 0 Å². The average Bonchev–Trinajstić information content (AvgIpc) is 3.42. The Labute approximate surface area is 166 Å². The standard InChI is InChI=1S/C20H21F2N5O2/c1-20(2,28)16-9-13(5-7-23-16)25-17-10-14(6-8-24-17)29-15-11-27(19(21)22)26-18(15)12-3-4-12/h5-12,19,28H,3-4H2,1-2H3,(H,23,24,25). The second-order valence-electron chi connectivity index (χ2n) is 7.50. The summed E-state index contributed by atoms with van der Waals surface area (Å²) < 4.78 is 32.5. The molecule has 0 aliphatic heterocycles. The largest absolute Gasteiger partial charge is 0.454 e. The number of halogens is 2. The molecule has 0 atom stereocenters. The SMILES string of the molecule is CC(C)(O)c1cc(Nc2cc(Oc3cn(C(F)F)nc3C3CC3)ccn2)ccn1. The van der Waals surface area contributed by atoms with Gasteiger partial charge in [-0.05, 0) is 44.9 Å². The molecule has 7 nitrogen and oxygen atoms in total. The summed E-state index contributed by atoms with van der Waals surface area (Å²) in [4.78, 5) is 8.43. The first kappa shape index (κ1) is 19.3. The molecular weight excluding hydrogens is 380 g/mol. The fourth-order valence-electron chi connectivity index (χ4n) is 2.87. The molecule has 152 valence electrons. The van der Waals surface area contributed by atoms with Crippen molar-refractivity contribution in [3.63, 3.8) is 0 Å². The minimum Gasteiger partial charge on any atom is -0.454 e. The normalized spacial score (nSPS) is 14.3. The molecular formula is C20H21F2N5O2. The van der Waals surface area contributed by atoms with Gasteiger partial charge in [-0.3, -0.25) is 4.98 Å². The topological polar surface area (TPSA) is 85.1 Å². The van der Waals surface area contributed by atoms with Crippen LogP contribution in [0.4, 0.5) is 20.3 Å². The van der Waals surface area contributed by atoms with E-state index in [-0.39, 0.29) is 5.92 Å². The van der Waals surface area contributed by atoms with E-state index in [1.165, 1.54) is 6.20 Å². The number of ether oxygens (including phenoxy) is 1. The van der Waals surface area contributed by atoms with Gasteiger partial charge < -0.3 is 15.2 Å². The van der Waals surface area contributed by atoms with Gasteiger partial charge in [-0.1, -0.05) is 0 Å². The Morgan fingerprint density at radius 3 is 2.66 bits per heavy atom. The van der Waals surface area contributed by atoms with Crippen LogP contribution >= 0.6 is 0 Å². The van der Waals surface area contributed by atoms with E-state index in [4.69, 9.17) is 4.74 Å². The highest BCUT2D eigenvalue weighted by molar-refractivity contribution is 5.58. The number of alkyl halides is 2. The number of aliphatic hydroxyl groups is 1. The maximum Gasteiger partial charge on any atom is 0.333 e. The molecule has 0 amide bonds. The summed E-state index contributed by atoms with van der Waals surface area (Å²) in [5.41, 5.74) is 0.704. The second-order valence-corrected chi connectivity index (χ2v) is 7.50. The van der Waals surface area contributed by atoms with Crippen LogP contribution in [0.25, 0.3) is 0 Å². The predicted octanol–water partition coefficient (Wildman–Crippen LogP) is 4.71. The van der Waals surface area contributed by atoms with Gasteiger partial charge >= 0.3 is 6.55 Å². The Kier molecular flexibility index (Phi) is 4.91. The lowest BCUT2D eigenvalue weighted by atomic mass is 10.0. The van der Waals surface area contributed by atoms with Crippen LogP contribution in [0.5, 0.6) is 11.5 Å². The summed E-state index contributed by atoms with van der Waals surface area (Å²) >= 11 is 0. The van der Waals surface area contributed by atoms with E-state index in [2.05, 4.69) is 20.4 Å². The fraction of sp³-hybridized carbons (Fsp3) is 0.350.